The Kier molecular flexibility index (Phi) is 5.49. The smallest absolute Gasteiger partial charge is 0.407 e. The zero-order valence-electron chi connectivity index (χ0n) is 11.9. The first-order chi connectivity index (χ1) is 9.35. The maximum absolute atomic E-state index is 11.7. The number of nitrogens with one attached hydrogen (secondary N) is 1. The van der Waals surface area contributed by atoms with E-state index in [-0.39, 0.29) is 12.1 Å². The summed E-state index contributed by atoms with van der Waals surface area (Å²) in [6.07, 6.45) is 1.16. The van der Waals surface area contributed by atoms with E-state index < -0.39 is 17.7 Å². The van der Waals surface area contributed by atoms with Crippen LogP contribution in [0.2, 0.25) is 0 Å². The number of nitrogens with zero attached hydrogens (tertiary/aromatic N) is 6. The van der Waals surface area contributed by atoms with Gasteiger partial charge in [0.25, 0.3) is 0 Å². The van der Waals surface area contributed by atoms with E-state index in [0.29, 0.717) is 19.3 Å². The van der Waals surface area contributed by atoms with Crippen molar-refractivity contribution in [3.8, 4) is 0 Å². The Morgan fingerprint density at radius 3 is 2.35 bits per heavy atom. The van der Waals surface area contributed by atoms with Crippen LogP contribution in [0.1, 0.15) is 40.0 Å². The number of azide groups is 2. The number of ether oxygens (including phenoxy) is 1. The fourth-order valence-electron chi connectivity index (χ4n) is 2.13. The number of amides is 1. The first-order valence-corrected chi connectivity index (χ1v) is 6.43. The van der Waals surface area contributed by atoms with Gasteiger partial charge in [-0.05, 0) is 51.1 Å². The third-order valence-electron chi connectivity index (χ3n) is 2.90. The van der Waals surface area contributed by atoms with Crippen LogP contribution in [0.25, 0.3) is 20.9 Å². The van der Waals surface area contributed by atoms with Crippen LogP contribution in [0.4, 0.5) is 4.79 Å². The van der Waals surface area contributed by atoms with Crippen LogP contribution in [-0.2, 0) is 4.74 Å². The number of hydrogen-bond acceptors (Lipinski definition) is 4. The highest BCUT2D eigenvalue weighted by Crippen LogP contribution is 2.25. The van der Waals surface area contributed by atoms with Crippen LogP contribution in [0.3, 0.4) is 0 Å². The van der Waals surface area contributed by atoms with Gasteiger partial charge in [0.05, 0.1) is 0 Å². The summed E-state index contributed by atoms with van der Waals surface area (Å²) in [6, 6.07) is -0.942. The highest BCUT2D eigenvalue weighted by Gasteiger charge is 2.31. The van der Waals surface area contributed by atoms with Crippen molar-refractivity contribution in [3.63, 3.8) is 0 Å². The van der Waals surface area contributed by atoms with Crippen LogP contribution in [-0.4, -0.2) is 29.8 Å². The lowest BCUT2D eigenvalue weighted by Crippen LogP contribution is -2.45. The van der Waals surface area contributed by atoms with E-state index in [1.54, 1.807) is 20.8 Å². The Balaban J connectivity index is 2.60. The molecule has 1 aliphatic carbocycles. The molecule has 110 valence electrons. The first kappa shape index (κ1) is 15.9. The SMILES string of the molecule is CC(C)(C)OC(=O)NC1CC[C@@H](N=[N+]=[N-])[C@@H](N=[N+]=[N-])C1. The highest BCUT2D eigenvalue weighted by atomic mass is 16.6. The van der Waals surface area contributed by atoms with Crippen LogP contribution in [0.15, 0.2) is 10.2 Å². The molecule has 20 heavy (non-hydrogen) atoms. The van der Waals surface area contributed by atoms with Crippen LogP contribution in [0, 0.1) is 0 Å². The lowest BCUT2D eigenvalue weighted by atomic mass is 9.88. The molecule has 1 aliphatic rings. The van der Waals surface area contributed by atoms with Crippen molar-refractivity contribution in [1.82, 2.24) is 5.32 Å². The van der Waals surface area contributed by atoms with Gasteiger partial charge in [-0.15, -0.1) is 0 Å². The molecule has 0 aromatic carbocycles. The maximum Gasteiger partial charge on any atom is 0.407 e. The summed E-state index contributed by atoms with van der Waals surface area (Å²) in [5.41, 5.74) is 16.5. The Labute approximate surface area is 116 Å². The topological polar surface area (TPSA) is 136 Å². The third-order valence-corrected chi connectivity index (χ3v) is 2.90. The van der Waals surface area contributed by atoms with Crippen molar-refractivity contribution in [2.24, 2.45) is 10.2 Å². The molecule has 9 nitrogen and oxygen atoms in total. The molecule has 1 N–H and O–H groups in total. The van der Waals surface area contributed by atoms with Crippen LogP contribution in [0.5, 0.6) is 0 Å². The van der Waals surface area contributed by atoms with Gasteiger partial charge in [0.2, 0.25) is 0 Å². The van der Waals surface area contributed by atoms with Crippen LogP contribution < -0.4 is 5.32 Å². The Morgan fingerprint density at radius 1 is 1.20 bits per heavy atom. The van der Waals surface area contributed by atoms with Gasteiger partial charge < -0.3 is 10.1 Å². The summed E-state index contributed by atoms with van der Waals surface area (Å²) in [6.45, 7) is 5.36. The van der Waals surface area contributed by atoms with Crippen LogP contribution >= 0.6 is 0 Å². The van der Waals surface area contributed by atoms with E-state index in [1.165, 1.54) is 0 Å². The second-order valence-electron chi connectivity index (χ2n) is 5.70. The predicted octanol–water partition coefficient (Wildman–Crippen LogP) is 3.42. The molecular weight excluding hydrogens is 262 g/mol. The molecule has 0 bridgehead atoms. The van der Waals surface area contributed by atoms with E-state index in [1.807, 2.05) is 0 Å². The second-order valence-corrected chi connectivity index (χ2v) is 5.70. The molecule has 1 saturated carbocycles. The average Bonchev–Trinajstić information content (AvgIpc) is 2.30. The lowest BCUT2D eigenvalue weighted by molar-refractivity contribution is 0.0488. The van der Waals surface area contributed by atoms with E-state index in [9.17, 15) is 4.79 Å². The molecule has 0 aromatic rings. The third kappa shape index (κ3) is 5.26. The fourth-order valence-corrected chi connectivity index (χ4v) is 2.13. The predicted molar refractivity (Wildman–Crippen MR) is 72.9 cm³/mol. The molecule has 1 rings (SSSR count). The van der Waals surface area contributed by atoms with Gasteiger partial charge in [0.1, 0.15) is 5.60 Å². The molecular formula is C11H19N7O2. The quantitative estimate of drug-likeness (QED) is 0.481. The number of hydrogen-bond donors (Lipinski definition) is 1. The maximum atomic E-state index is 11.7. The van der Waals surface area contributed by atoms with Crippen molar-refractivity contribution in [3.05, 3.63) is 20.9 Å². The Morgan fingerprint density at radius 2 is 1.80 bits per heavy atom. The molecule has 9 heteroatoms. The van der Waals surface area contributed by atoms with Gasteiger partial charge >= 0.3 is 6.09 Å². The minimum atomic E-state index is -0.559. The van der Waals surface area contributed by atoms with E-state index in [2.05, 4.69) is 25.4 Å². The zero-order valence-corrected chi connectivity index (χ0v) is 11.9. The van der Waals surface area contributed by atoms with Crippen molar-refractivity contribution >= 4 is 6.09 Å². The normalized spacial score (nSPS) is 25.9. The fraction of sp³-hybridized carbons (Fsp3) is 0.909. The average molecular weight is 281 g/mol. The van der Waals surface area contributed by atoms with Gasteiger partial charge in [-0.25, -0.2) is 4.79 Å². The van der Waals surface area contributed by atoms with Gasteiger partial charge in [-0.3, -0.25) is 0 Å². The highest BCUT2D eigenvalue weighted by molar-refractivity contribution is 5.68. The van der Waals surface area contributed by atoms with Gasteiger partial charge in [-0.2, -0.15) is 0 Å². The number of carbonyl (C=O) groups is 1. The molecule has 0 aliphatic heterocycles. The van der Waals surface area contributed by atoms with Gasteiger partial charge in [0, 0.05) is 27.9 Å². The van der Waals surface area contributed by atoms with Crippen molar-refractivity contribution < 1.29 is 9.53 Å². The van der Waals surface area contributed by atoms with Crippen molar-refractivity contribution in [1.29, 1.82) is 0 Å². The molecule has 0 saturated heterocycles. The summed E-state index contributed by atoms with van der Waals surface area (Å²) < 4.78 is 5.17. The molecule has 0 spiro atoms. The minimum absolute atomic E-state index is 0.148. The minimum Gasteiger partial charge on any atom is -0.444 e. The van der Waals surface area contributed by atoms with Gasteiger partial charge in [0.15, 0.2) is 0 Å². The molecule has 1 unspecified atom stereocenters. The molecule has 0 radical (unpaired) electrons. The summed E-state index contributed by atoms with van der Waals surface area (Å²) >= 11 is 0. The summed E-state index contributed by atoms with van der Waals surface area (Å²) in [5, 5.41) is 10.0. The second kappa shape index (κ2) is 6.88. The zero-order chi connectivity index (χ0) is 15.2. The summed E-state index contributed by atoms with van der Waals surface area (Å²) in [7, 11) is 0. The number of rotatable bonds is 3. The molecule has 0 aromatic heterocycles. The molecule has 1 amide bonds. The first-order valence-electron chi connectivity index (χ1n) is 6.43. The standard InChI is InChI=1S/C11H19N7O2/c1-11(2,3)20-10(19)14-7-4-5-8(15-17-12)9(6-7)16-18-13/h7-9H,4-6H2,1-3H3,(H,14,19)/t7?,8-,9+/m1/s1. The largest absolute Gasteiger partial charge is 0.444 e. The number of alkyl carbamates (subject to hydrolysis) is 1. The van der Waals surface area contributed by atoms with E-state index in [4.69, 9.17) is 15.8 Å². The van der Waals surface area contributed by atoms with Crippen molar-refractivity contribution in [2.75, 3.05) is 0 Å². The lowest BCUT2D eigenvalue weighted by Gasteiger charge is -2.32. The van der Waals surface area contributed by atoms with Crippen molar-refractivity contribution in [2.45, 2.75) is 63.8 Å². The Bertz CT molecular complexity index is 446. The summed E-state index contributed by atoms with van der Waals surface area (Å²) in [5.74, 6) is 0. The molecule has 3 atom stereocenters. The van der Waals surface area contributed by atoms with Gasteiger partial charge in [-0.1, -0.05) is 10.2 Å². The monoisotopic (exact) mass is 281 g/mol. The molecule has 1 fully saturated rings. The summed E-state index contributed by atoms with van der Waals surface area (Å²) in [4.78, 5) is 17.2. The molecule has 0 heterocycles. The van der Waals surface area contributed by atoms with E-state index in [0.717, 1.165) is 0 Å². The number of carbonyl (C=O) groups excluding carboxylic acids is 1. The Hall–Kier alpha value is -2.11. The van der Waals surface area contributed by atoms with E-state index >= 15 is 0 Å².